The second-order valence-electron chi connectivity index (χ2n) is 3.78. The highest BCUT2D eigenvalue weighted by molar-refractivity contribution is 5.25. The summed E-state index contributed by atoms with van der Waals surface area (Å²) >= 11 is 0. The highest BCUT2D eigenvalue weighted by atomic mass is 19.3. The molecule has 0 aliphatic heterocycles. The van der Waals surface area contributed by atoms with Crippen molar-refractivity contribution >= 4 is 0 Å². The Bertz CT molecular complexity index is 318. The van der Waals surface area contributed by atoms with Crippen molar-refractivity contribution in [3.63, 3.8) is 0 Å². The Kier molecular flexibility index (Phi) is 5.35. The van der Waals surface area contributed by atoms with Crippen LogP contribution >= 0.6 is 0 Å². The number of benzene rings is 1. The lowest BCUT2D eigenvalue weighted by molar-refractivity contribution is 0.0745. The van der Waals surface area contributed by atoms with Gasteiger partial charge in [0, 0.05) is 13.1 Å². The van der Waals surface area contributed by atoms with Crippen LogP contribution in [-0.2, 0) is 6.54 Å². The summed E-state index contributed by atoms with van der Waals surface area (Å²) in [6.07, 6.45) is -2.37. The lowest BCUT2D eigenvalue weighted by Gasteiger charge is -2.21. The van der Waals surface area contributed by atoms with Crippen LogP contribution in [0.2, 0.25) is 0 Å². The molecule has 90 valence electrons. The van der Waals surface area contributed by atoms with Crippen LogP contribution in [-0.4, -0.2) is 36.1 Å². The van der Waals surface area contributed by atoms with E-state index in [1.54, 1.807) is 4.90 Å². The second kappa shape index (κ2) is 6.55. The largest absolute Gasteiger partial charge is 0.395 e. The molecule has 0 saturated carbocycles. The van der Waals surface area contributed by atoms with Crippen molar-refractivity contribution in [2.24, 2.45) is 0 Å². The van der Waals surface area contributed by atoms with E-state index in [1.165, 1.54) is 0 Å². The number of hydrogen-bond donors (Lipinski definition) is 1. The molecule has 0 saturated heterocycles. The summed E-state index contributed by atoms with van der Waals surface area (Å²) in [5.41, 5.74) is 2.11. The standard InChI is InChI=1S/C12H17F2NO/c1-10-4-2-3-5-11(10)8-15(6-7-16)9-12(13)14/h2-5,12,16H,6-9H2,1H3. The molecule has 0 spiro atoms. The number of aryl methyl sites for hydroxylation is 1. The Morgan fingerprint density at radius 2 is 2.00 bits per heavy atom. The zero-order chi connectivity index (χ0) is 12.0. The van der Waals surface area contributed by atoms with Gasteiger partial charge in [0.15, 0.2) is 0 Å². The molecule has 1 aromatic carbocycles. The van der Waals surface area contributed by atoms with Crippen molar-refractivity contribution in [1.29, 1.82) is 0 Å². The van der Waals surface area contributed by atoms with Crippen LogP contribution in [0.5, 0.6) is 0 Å². The Balaban J connectivity index is 2.64. The summed E-state index contributed by atoms with van der Waals surface area (Å²) in [5.74, 6) is 0. The molecular weight excluding hydrogens is 212 g/mol. The lowest BCUT2D eigenvalue weighted by atomic mass is 10.1. The van der Waals surface area contributed by atoms with Gasteiger partial charge in [-0.3, -0.25) is 4.90 Å². The van der Waals surface area contributed by atoms with Gasteiger partial charge in [-0.05, 0) is 18.1 Å². The van der Waals surface area contributed by atoms with Crippen LogP contribution in [0.1, 0.15) is 11.1 Å². The fraction of sp³-hybridized carbons (Fsp3) is 0.500. The Labute approximate surface area is 94.5 Å². The van der Waals surface area contributed by atoms with Gasteiger partial charge in [-0.15, -0.1) is 0 Å². The minimum atomic E-state index is -2.37. The predicted octanol–water partition coefficient (Wildman–Crippen LogP) is 2.05. The van der Waals surface area contributed by atoms with Gasteiger partial charge in [-0.25, -0.2) is 8.78 Å². The first-order valence-electron chi connectivity index (χ1n) is 5.29. The van der Waals surface area contributed by atoms with Gasteiger partial charge in [-0.2, -0.15) is 0 Å². The number of halogens is 2. The monoisotopic (exact) mass is 229 g/mol. The van der Waals surface area contributed by atoms with Crippen molar-refractivity contribution in [3.8, 4) is 0 Å². The van der Waals surface area contributed by atoms with Crippen LogP contribution in [0.4, 0.5) is 8.78 Å². The predicted molar refractivity (Wildman–Crippen MR) is 59.5 cm³/mol. The molecule has 0 heterocycles. The lowest BCUT2D eigenvalue weighted by Crippen LogP contribution is -2.31. The number of rotatable bonds is 6. The van der Waals surface area contributed by atoms with Gasteiger partial charge >= 0.3 is 0 Å². The minimum absolute atomic E-state index is 0.0986. The van der Waals surface area contributed by atoms with Gasteiger partial charge in [0.1, 0.15) is 0 Å². The number of aliphatic hydroxyl groups is 1. The van der Waals surface area contributed by atoms with Gasteiger partial charge in [0.2, 0.25) is 0 Å². The maximum Gasteiger partial charge on any atom is 0.251 e. The molecule has 0 aliphatic carbocycles. The minimum Gasteiger partial charge on any atom is -0.395 e. The quantitative estimate of drug-likeness (QED) is 0.807. The summed E-state index contributed by atoms with van der Waals surface area (Å²) < 4.78 is 24.6. The van der Waals surface area contributed by atoms with Crippen molar-refractivity contribution in [2.75, 3.05) is 19.7 Å². The Morgan fingerprint density at radius 1 is 1.31 bits per heavy atom. The van der Waals surface area contributed by atoms with E-state index in [0.717, 1.165) is 11.1 Å². The van der Waals surface area contributed by atoms with E-state index in [1.807, 2.05) is 31.2 Å². The number of alkyl halides is 2. The number of nitrogens with zero attached hydrogens (tertiary/aromatic N) is 1. The van der Waals surface area contributed by atoms with Gasteiger partial charge in [0.25, 0.3) is 6.43 Å². The fourth-order valence-corrected chi connectivity index (χ4v) is 1.60. The molecule has 0 unspecified atom stereocenters. The van der Waals surface area contributed by atoms with Crippen LogP contribution in [0, 0.1) is 6.92 Å². The number of aliphatic hydroxyl groups excluding tert-OH is 1. The van der Waals surface area contributed by atoms with E-state index in [2.05, 4.69) is 0 Å². The molecular formula is C12H17F2NO. The third-order valence-electron chi connectivity index (χ3n) is 2.47. The summed E-state index contributed by atoms with van der Waals surface area (Å²) in [7, 11) is 0. The zero-order valence-corrected chi connectivity index (χ0v) is 9.37. The summed E-state index contributed by atoms with van der Waals surface area (Å²) in [4.78, 5) is 1.56. The molecule has 1 N–H and O–H groups in total. The van der Waals surface area contributed by atoms with Crippen LogP contribution in [0.25, 0.3) is 0 Å². The molecule has 0 aromatic heterocycles. The third-order valence-corrected chi connectivity index (χ3v) is 2.47. The molecule has 4 heteroatoms. The third kappa shape index (κ3) is 4.24. The Morgan fingerprint density at radius 3 is 2.56 bits per heavy atom. The smallest absolute Gasteiger partial charge is 0.251 e. The highest BCUT2D eigenvalue weighted by Crippen LogP contribution is 2.11. The van der Waals surface area contributed by atoms with Crippen LogP contribution < -0.4 is 0 Å². The molecule has 2 nitrogen and oxygen atoms in total. The molecule has 1 rings (SSSR count). The highest BCUT2D eigenvalue weighted by Gasteiger charge is 2.12. The molecule has 1 aromatic rings. The van der Waals surface area contributed by atoms with Crippen molar-refractivity contribution in [1.82, 2.24) is 4.90 Å². The molecule has 0 amide bonds. The van der Waals surface area contributed by atoms with Gasteiger partial charge in [0.05, 0.1) is 13.2 Å². The Hall–Kier alpha value is -1.00. The van der Waals surface area contributed by atoms with Crippen molar-refractivity contribution in [2.45, 2.75) is 19.9 Å². The van der Waals surface area contributed by atoms with E-state index in [0.29, 0.717) is 6.54 Å². The maximum atomic E-state index is 12.3. The van der Waals surface area contributed by atoms with Crippen LogP contribution in [0.15, 0.2) is 24.3 Å². The van der Waals surface area contributed by atoms with E-state index >= 15 is 0 Å². The van der Waals surface area contributed by atoms with E-state index in [-0.39, 0.29) is 19.7 Å². The van der Waals surface area contributed by atoms with E-state index < -0.39 is 6.43 Å². The van der Waals surface area contributed by atoms with Crippen molar-refractivity contribution in [3.05, 3.63) is 35.4 Å². The number of hydrogen-bond acceptors (Lipinski definition) is 2. The van der Waals surface area contributed by atoms with Crippen LogP contribution in [0.3, 0.4) is 0 Å². The van der Waals surface area contributed by atoms with Gasteiger partial charge < -0.3 is 5.11 Å². The van der Waals surface area contributed by atoms with Gasteiger partial charge in [-0.1, -0.05) is 24.3 Å². The molecule has 0 bridgehead atoms. The zero-order valence-electron chi connectivity index (χ0n) is 9.37. The normalized spacial score (nSPS) is 11.4. The molecule has 0 atom stereocenters. The SMILES string of the molecule is Cc1ccccc1CN(CCO)CC(F)F. The molecule has 0 aliphatic rings. The maximum absolute atomic E-state index is 12.3. The average molecular weight is 229 g/mol. The first-order chi connectivity index (χ1) is 7.63. The van der Waals surface area contributed by atoms with Crippen molar-refractivity contribution < 1.29 is 13.9 Å². The van der Waals surface area contributed by atoms with E-state index in [4.69, 9.17) is 5.11 Å². The molecule has 0 fully saturated rings. The fourth-order valence-electron chi connectivity index (χ4n) is 1.60. The summed E-state index contributed by atoms with van der Waals surface area (Å²) in [5, 5.41) is 8.81. The average Bonchev–Trinajstić information content (AvgIpc) is 2.21. The first kappa shape index (κ1) is 13.1. The molecule has 0 radical (unpaired) electrons. The second-order valence-corrected chi connectivity index (χ2v) is 3.78. The summed E-state index contributed by atoms with van der Waals surface area (Å²) in [6.45, 7) is 2.29. The first-order valence-corrected chi connectivity index (χ1v) is 5.29. The van der Waals surface area contributed by atoms with E-state index in [9.17, 15) is 8.78 Å². The molecule has 16 heavy (non-hydrogen) atoms. The summed E-state index contributed by atoms with van der Waals surface area (Å²) in [6, 6.07) is 7.68. The topological polar surface area (TPSA) is 23.5 Å².